The van der Waals surface area contributed by atoms with Crippen LogP contribution in [-0.4, -0.2) is 64.2 Å². The van der Waals surface area contributed by atoms with Crippen LogP contribution in [0.15, 0.2) is 42.0 Å². The first-order valence-electron chi connectivity index (χ1n) is 14.1. The van der Waals surface area contributed by atoms with Crippen molar-refractivity contribution in [3.63, 3.8) is 0 Å². The summed E-state index contributed by atoms with van der Waals surface area (Å²) in [4.78, 5) is 30.3. The minimum absolute atomic E-state index is 0.0592. The number of anilines is 1. The zero-order valence-corrected chi connectivity index (χ0v) is 22.9. The van der Waals surface area contributed by atoms with Gasteiger partial charge in [-0.25, -0.2) is 8.78 Å². The molecule has 4 aliphatic carbocycles. The predicted octanol–water partition coefficient (Wildman–Crippen LogP) is 3.82. The first-order valence-corrected chi connectivity index (χ1v) is 14.1. The number of allylic oxidation sites excluding steroid dienone is 4. The number of carbonyl (C=O) groups excluding carboxylic acids is 2. The summed E-state index contributed by atoms with van der Waals surface area (Å²) >= 11 is 0. The van der Waals surface area contributed by atoms with Crippen molar-refractivity contribution in [3.8, 4) is 5.88 Å². The van der Waals surface area contributed by atoms with Gasteiger partial charge in [0.1, 0.15) is 12.0 Å². The van der Waals surface area contributed by atoms with Crippen molar-refractivity contribution in [1.82, 2.24) is 4.98 Å². The number of halogens is 2. The number of ketones is 2. The quantitative estimate of drug-likeness (QED) is 0.541. The lowest BCUT2D eigenvalue weighted by Gasteiger charge is -2.63. The van der Waals surface area contributed by atoms with E-state index in [1.807, 2.05) is 13.8 Å². The molecule has 1 saturated heterocycles. The minimum Gasteiger partial charge on any atom is -0.469 e. The van der Waals surface area contributed by atoms with Gasteiger partial charge in [0.25, 0.3) is 0 Å². The van der Waals surface area contributed by atoms with Crippen molar-refractivity contribution in [2.75, 3.05) is 12.3 Å². The van der Waals surface area contributed by atoms with E-state index in [2.05, 4.69) is 4.98 Å². The molecule has 0 amide bonds. The number of nitrogen functional groups attached to an aromatic ring is 1. The van der Waals surface area contributed by atoms with Gasteiger partial charge < -0.3 is 25.1 Å². The van der Waals surface area contributed by atoms with E-state index in [9.17, 15) is 14.7 Å². The van der Waals surface area contributed by atoms with Crippen LogP contribution in [0, 0.1) is 22.7 Å². The molecule has 0 radical (unpaired) electrons. The van der Waals surface area contributed by atoms with Gasteiger partial charge in [-0.15, -0.1) is 0 Å². The monoisotopic (exact) mass is 558 g/mol. The van der Waals surface area contributed by atoms with Crippen molar-refractivity contribution in [2.24, 2.45) is 22.7 Å². The summed E-state index contributed by atoms with van der Waals surface area (Å²) < 4.78 is 51.8. The Morgan fingerprint density at radius 3 is 2.77 bits per heavy atom. The summed E-state index contributed by atoms with van der Waals surface area (Å²) in [5, 5.41) is 11.6. The smallest absolute Gasteiger partial charge is 0.215 e. The van der Waals surface area contributed by atoms with Crippen LogP contribution >= 0.6 is 0 Å². The number of aliphatic hydroxyl groups excluding tert-OH is 1. The molecule has 2 heterocycles. The fourth-order valence-corrected chi connectivity index (χ4v) is 8.64. The number of nitrogens with zero attached hydrogens (tertiary/aromatic N) is 1. The fraction of sp³-hybridized carbons (Fsp3) is 0.633. The molecule has 10 heteroatoms. The van der Waals surface area contributed by atoms with Crippen LogP contribution in [0.25, 0.3) is 0 Å². The summed E-state index contributed by atoms with van der Waals surface area (Å²) in [5.74, 6) is -1.86. The number of Topliss-reactive ketones (excluding diaryl/α,β-unsaturated/α-hetero) is 1. The molecule has 3 saturated carbocycles. The van der Waals surface area contributed by atoms with Crippen LogP contribution < -0.4 is 10.5 Å². The zero-order chi connectivity index (χ0) is 28.7. The normalized spacial score (nSPS) is 45.2. The molecule has 1 aromatic rings. The minimum atomic E-state index is -2.25. The number of alkyl halides is 2. The van der Waals surface area contributed by atoms with Crippen LogP contribution in [-0.2, 0) is 19.1 Å². The van der Waals surface area contributed by atoms with Crippen molar-refractivity contribution < 1.29 is 37.7 Å². The number of pyridine rings is 1. The van der Waals surface area contributed by atoms with E-state index < -0.39 is 70.2 Å². The molecule has 3 N–H and O–H groups in total. The maximum Gasteiger partial charge on any atom is 0.215 e. The number of aliphatic hydroxyl groups is 1. The van der Waals surface area contributed by atoms with Gasteiger partial charge in [0, 0.05) is 22.8 Å². The molecule has 1 aliphatic heterocycles. The highest BCUT2D eigenvalue weighted by Gasteiger charge is 2.80. The molecule has 6 rings (SSSR count). The van der Waals surface area contributed by atoms with Crippen molar-refractivity contribution >= 4 is 17.4 Å². The number of carbonyl (C=O) groups is 2. The number of ether oxygens (including phenoxy) is 3. The molecule has 1 unspecified atom stereocenters. The van der Waals surface area contributed by atoms with Crippen LogP contribution in [0.1, 0.15) is 52.9 Å². The third-order valence-corrected chi connectivity index (χ3v) is 10.5. The molecule has 1 aromatic heterocycles. The SMILES string of the molecule is CCCC1O[C@@H]2C[C@H]3[C@@H]4C[C@H](F)C5=CC(=O)C=C[C@]5(C)[C@@]4(F)[C@@H](O)C[C@]3(C)[C@]2(C(=O)COc2cccc(N)n2)O1. The summed E-state index contributed by atoms with van der Waals surface area (Å²) in [7, 11) is 0. The Kier molecular flexibility index (Phi) is 6.29. The van der Waals surface area contributed by atoms with Gasteiger partial charge in [-0.2, -0.15) is 4.98 Å². The second kappa shape index (κ2) is 9.16. The molecule has 40 heavy (non-hydrogen) atoms. The third-order valence-electron chi connectivity index (χ3n) is 10.5. The van der Waals surface area contributed by atoms with Crippen molar-refractivity contribution in [1.29, 1.82) is 0 Å². The Labute approximate surface area is 231 Å². The molecule has 0 spiro atoms. The molecule has 216 valence electrons. The van der Waals surface area contributed by atoms with E-state index in [-0.39, 0.29) is 43.1 Å². The van der Waals surface area contributed by atoms with E-state index in [0.29, 0.717) is 6.42 Å². The van der Waals surface area contributed by atoms with Gasteiger partial charge in [-0.1, -0.05) is 32.4 Å². The van der Waals surface area contributed by atoms with Gasteiger partial charge in [0.05, 0.1) is 12.2 Å². The third kappa shape index (κ3) is 3.48. The van der Waals surface area contributed by atoms with Gasteiger partial charge in [-0.3, -0.25) is 9.59 Å². The Balaban J connectivity index is 1.39. The molecule has 10 atom stereocenters. The summed E-state index contributed by atoms with van der Waals surface area (Å²) in [5.41, 5.74) is -0.547. The van der Waals surface area contributed by atoms with E-state index in [0.717, 1.165) is 6.42 Å². The number of aromatic nitrogens is 1. The first-order chi connectivity index (χ1) is 18.9. The standard InChI is InChI=1S/C30H36F2N2O6/c1-4-6-26-39-23-13-17-18-12-20(31)19-11-16(35)9-10-27(19,2)29(18,32)21(36)14-28(17,3)30(23,40-26)22(37)15-38-25-8-5-7-24(33)34-25/h5,7-11,17-18,20-21,23,26,36H,4,6,12-15H2,1-3H3,(H2,33,34)/t17-,18-,20-,21-,23+,26?,27-,28-,29-,30+/m0/s1. The number of hydrogen-bond donors (Lipinski definition) is 2. The van der Waals surface area contributed by atoms with Crippen LogP contribution in [0.5, 0.6) is 5.88 Å². The van der Waals surface area contributed by atoms with Gasteiger partial charge in [0.2, 0.25) is 11.7 Å². The van der Waals surface area contributed by atoms with E-state index >= 15 is 8.78 Å². The van der Waals surface area contributed by atoms with Crippen molar-refractivity contribution in [3.05, 3.63) is 42.0 Å². The highest BCUT2D eigenvalue weighted by Crippen LogP contribution is 2.72. The van der Waals surface area contributed by atoms with Crippen LogP contribution in [0.3, 0.4) is 0 Å². The van der Waals surface area contributed by atoms with Crippen LogP contribution in [0.2, 0.25) is 0 Å². The molecular weight excluding hydrogens is 522 g/mol. The second-order valence-electron chi connectivity index (χ2n) is 12.4. The molecule has 0 aromatic carbocycles. The maximum absolute atomic E-state index is 17.5. The Morgan fingerprint density at radius 2 is 2.05 bits per heavy atom. The molecule has 0 bridgehead atoms. The lowest BCUT2D eigenvalue weighted by molar-refractivity contribution is -0.234. The molecular formula is C30H36F2N2O6. The lowest BCUT2D eigenvalue weighted by Crippen LogP contribution is -2.71. The van der Waals surface area contributed by atoms with E-state index in [1.165, 1.54) is 18.2 Å². The highest BCUT2D eigenvalue weighted by atomic mass is 19.1. The first kappa shape index (κ1) is 27.5. The Bertz CT molecular complexity index is 1300. The van der Waals surface area contributed by atoms with E-state index in [1.54, 1.807) is 25.1 Å². The van der Waals surface area contributed by atoms with Gasteiger partial charge in [-0.05, 0) is 62.3 Å². The average molecular weight is 559 g/mol. The maximum atomic E-state index is 17.5. The van der Waals surface area contributed by atoms with E-state index in [4.69, 9.17) is 19.9 Å². The highest BCUT2D eigenvalue weighted by molar-refractivity contribution is 6.01. The zero-order valence-electron chi connectivity index (χ0n) is 22.9. The number of fused-ring (bicyclic) bond motifs is 7. The van der Waals surface area contributed by atoms with Gasteiger partial charge >= 0.3 is 0 Å². The predicted molar refractivity (Wildman–Crippen MR) is 141 cm³/mol. The second-order valence-corrected chi connectivity index (χ2v) is 12.4. The Morgan fingerprint density at radius 1 is 1.27 bits per heavy atom. The molecule has 8 nitrogen and oxygen atoms in total. The number of hydrogen-bond acceptors (Lipinski definition) is 8. The summed E-state index contributed by atoms with van der Waals surface area (Å²) in [6.45, 7) is 4.98. The lowest BCUT2D eigenvalue weighted by atomic mass is 9.44. The van der Waals surface area contributed by atoms with Crippen molar-refractivity contribution in [2.45, 2.75) is 88.8 Å². The number of nitrogens with two attached hydrogens (primary N) is 1. The fourth-order valence-electron chi connectivity index (χ4n) is 8.64. The molecule has 5 aliphatic rings. The van der Waals surface area contributed by atoms with Gasteiger partial charge in [0.15, 0.2) is 29.9 Å². The Hall–Kier alpha value is -2.69. The summed E-state index contributed by atoms with van der Waals surface area (Å²) in [6.07, 6.45) is 0.609. The molecule has 4 fully saturated rings. The topological polar surface area (TPSA) is 121 Å². The largest absolute Gasteiger partial charge is 0.469 e. The number of rotatable bonds is 6. The average Bonchev–Trinajstić information content (AvgIpc) is 3.38. The summed E-state index contributed by atoms with van der Waals surface area (Å²) in [6, 6.07) is 4.85. The van der Waals surface area contributed by atoms with Crippen LogP contribution in [0.4, 0.5) is 14.6 Å².